The fourth-order valence-electron chi connectivity index (χ4n) is 15.3. The van der Waals surface area contributed by atoms with Gasteiger partial charge in [-0.2, -0.15) is 0 Å². The number of carbonyl (C=O) groups is 8. The molecule has 0 aromatic heterocycles. The fraction of sp³-hybridized carbons (Fsp3) is 0.391. The van der Waals surface area contributed by atoms with Gasteiger partial charge in [0, 0.05) is 6.42 Å². The van der Waals surface area contributed by atoms with Crippen LogP contribution in [0.1, 0.15) is 204 Å². The summed E-state index contributed by atoms with van der Waals surface area (Å²) < 4.78 is 39.7. The summed E-state index contributed by atoms with van der Waals surface area (Å²) in [6, 6.07) is 14.8. The van der Waals surface area contributed by atoms with E-state index in [1.807, 2.05) is 215 Å². The van der Waals surface area contributed by atoms with Crippen LogP contribution in [0.5, 0.6) is 0 Å². The number of halogens is 2. The van der Waals surface area contributed by atoms with Crippen molar-refractivity contribution in [3.8, 4) is 0 Å². The minimum absolute atomic E-state index is 0. The highest BCUT2D eigenvalue weighted by molar-refractivity contribution is 6.04. The molecule has 5 aliphatic rings. The van der Waals surface area contributed by atoms with Crippen LogP contribution in [0.2, 0.25) is 0 Å². The number of cyclic esters (lactones) is 1. The predicted molar refractivity (Wildman–Crippen MR) is 532 cm³/mol. The molecule has 714 valence electrons. The summed E-state index contributed by atoms with van der Waals surface area (Å²) in [5.41, 5.74) is 24.7. The average Bonchev–Trinajstić information content (AvgIpc) is 1.58. The topological polar surface area (TPSA) is 318 Å². The molecule has 6 unspecified atom stereocenters. The standard InChI is InChI=1S/C70H83N3O14.C40H52O4.2ClH/c1-45(26-22-28-47(3)35-37-53-49(5)59(75)57(42-69(53,7)8)83-66(79)55(72)34-20-21-39-71)24-18-19-25-46(2)27-23-29-48(4)36-38-54-50(6)60(76)58(43-70(54,9)10)84-68(81-41-40-73-11)82-44-56(74)61-62(86-64(77)51-30-14-12-15-31-51)63(67(80)85-61)87-65(78)52-32-16-13-17-33-52;1-27(17-13-19-29(3)21-23-33-31(5)37(43)35(41)25-39(33,7)8)15-11-12-16-28(2)18-14-20-30(4)22-24-34-32(6)38(44)36(42)26-40(34,9)10;;/h12-19,22-33,35-38,55-58,61,68,74H,20-21,34,39-44,71-72H2,1-10H3;11-24,35-36,41-42H,25-26H2,1-10H3;2*1H/b19-18+,26-22+,27-23+,37-35+,38-36+,45-24+,46-25+,47-28+,48-29+;12-11+,17-13+,18-14+,23-21+,24-22+,27-15+,28-16+,29-19+,30-20+;;/t55?,56-,57?,58?,61+,68?;;;/m0.../s1. The van der Waals surface area contributed by atoms with Crippen molar-refractivity contribution in [3.05, 3.63) is 354 Å². The summed E-state index contributed by atoms with van der Waals surface area (Å²) in [6.45, 7) is 44.8. The third-order valence-electron chi connectivity index (χ3n) is 22.9. The Labute approximate surface area is 799 Å². The van der Waals surface area contributed by atoms with E-state index in [0.717, 1.165) is 79.7 Å². The van der Waals surface area contributed by atoms with E-state index in [9.17, 15) is 53.7 Å². The van der Waals surface area contributed by atoms with Crippen LogP contribution in [0, 0.1) is 28.2 Å². The zero-order valence-electron chi connectivity index (χ0n) is 80.7. The van der Waals surface area contributed by atoms with Crippen molar-refractivity contribution in [1.29, 1.82) is 0 Å². The van der Waals surface area contributed by atoms with Gasteiger partial charge in [-0.15, -0.1) is 24.8 Å². The van der Waals surface area contributed by atoms with Crippen molar-refractivity contribution in [1.82, 2.24) is 0 Å². The zero-order chi connectivity index (χ0) is 97.1. The molecule has 21 nitrogen and oxygen atoms in total. The number of aliphatic hydroxyl groups is 3. The second kappa shape index (κ2) is 54.8. The Balaban J connectivity index is 0.000000676. The lowest BCUT2D eigenvalue weighted by Crippen LogP contribution is -2.42. The summed E-state index contributed by atoms with van der Waals surface area (Å²) >= 11 is 0. The average molecular weight is 1860 g/mol. The van der Waals surface area contributed by atoms with Crippen LogP contribution in [0.25, 0.3) is 4.85 Å². The monoisotopic (exact) mass is 1860 g/mol. The van der Waals surface area contributed by atoms with Crippen LogP contribution >= 0.6 is 24.8 Å². The van der Waals surface area contributed by atoms with Crippen LogP contribution in [-0.4, -0.2) is 138 Å². The molecule has 0 amide bonds. The number of aliphatic hydroxyl groups excluding tert-OH is 3. The van der Waals surface area contributed by atoms with E-state index in [1.165, 1.54) is 24.3 Å². The van der Waals surface area contributed by atoms with E-state index in [1.54, 1.807) is 64.1 Å². The Bertz CT molecular complexity index is 5210. The van der Waals surface area contributed by atoms with E-state index in [-0.39, 0.29) is 89.5 Å². The Hall–Kier alpha value is -11.2. The zero-order valence-corrected chi connectivity index (χ0v) is 82.4. The highest BCUT2D eigenvalue weighted by Gasteiger charge is 2.47. The van der Waals surface area contributed by atoms with E-state index < -0.39 is 102 Å². The molecule has 133 heavy (non-hydrogen) atoms. The maximum atomic E-state index is 14.0. The number of hydrogen-bond acceptors (Lipinski definition) is 20. The largest absolute Gasteiger partial charge is 0.453 e. The number of benzene rings is 2. The quantitative estimate of drug-likeness (QED) is 0.0104. The van der Waals surface area contributed by atoms with Gasteiger partial charge >= 0.3 is 23.9 Å². The first-order valence-corrected chi connectivity index (χ1v) is 44.4. The molecule has 4 aliphatic carbocycles. The fourth-order valence-corrected chi connectivity index (χ4v) is 15.3. The molecule has 0 bridgehead atoms. The highest BCUT2D eigenvalue weighted by atomic mass is 35.5. The third kappa shape index (κ3) is 35.9. The number of nitrogens with zero attached hydrogens (tertiary/aromatic N) is 1. The lowest BCUT2D eigenvalue weighted by atomic mass is 9.71. The molecule has 0 fully saturated rings. The SMILES string of the molecule is CC1=C(/C=C/C(C)=C/C=C/C(C)=C/C=C/C=C(C)/C=C/C=C(C)/C=C/C2=C(C)C(=O)C(O)CC2(C)C)C(C)(C)CC(O)C1=O.Cl.Cl.[C-]#[N+]CCOC(OC[C@H](O)[C@H]1OC(=O)C(OC(=O)c2ccccc2)=C1OC(=O)c1ccccc1)OC1CC(C)(C)C(/C=C/C(C)=C/C=C/C(C)=C/C=C/C=C(C)/C=C/C=C(C)/C=C/C2=C(C)C(=O)C(OC(=O)C(N)CCCCN)CC2(C)C)=C(C)C1=O. The van der Waals surface area contributed by atoms with Gasteiger partial charge in [0.2, 0.25) is 12.3 Å². The number of nitrogens with two attached hydrogens (primary N) is 2. The van der Waals surface area contributed by atoms with Crippen LogP contribution in [0.3, 0.4) is 0 Å². The number of Topliss-reactive ketones (excluding diaryl/α,β-unsaturated/α-hetero) is 4. The molecule has 0 radical (unpaired) electrons. The smallest absolute Gasteiger partial charge is 0.379 e. The van der Waals surface area contributed by atoms with Crippen molar-refractivity contribution < 1.29 is 86.8 Å². The normalized spacial score (nSPS) is 21.7. The van der Waals surface area contributed by atoms with Gasteiger partial charge < -0.3 is 64.8 Å². The summed E-state index contributed by atoms with van der Waals surface area (Å²) in [5, 5.41) is 31.5. The maximum absolute atomic E-state index is 14.0. The number of rotatable bonds is 39. The number of ether oxygens (including phenoxy) is 7. The predicted octanol–water partition coefficient (Wildman–Crippen LogP) is 21.1. The summed E-state index contributed by atoms with van der Waals surface area (Å²) in [6.07, 6.45) is 52.4. The molecule has 7 rings (SSSR count). The van der Waals surface area contributed by atoms with E-state index in [2.05, 4.69) is 70.7 Å². The van der Waals surface area contributed by atoms with Crippen molar-refractivity contribution in [3.63, 3.8) is 0 Å². The molecule has 7 N–H and O–H groups in total. The molecule has 1 heterocycles. The number of ketones is 4. The van der Waals surface area contributed by atoms with Crippen molar-refractivity contribution >= 4 is 71.8 Å². The van der Waals surface area contributed by atoms with Crippen LogP contribution in [0.4, 0.5) is 0 Å². The van der Waals surface area contributed by atoms with Crippen molar-refractivity contribution in [2.75, 3.05) is 26.3 Å². The van der Waals surface area contributed by atoms with Crippen molar-refractivity contribution in [2.45, 2.75) is 233 Å². The van der Waals surface area contributed by atoms with Crippen LogP contribution in [0.15, 0.2) is 331 Å². The number of allylic oxidation sites excluding steroid dienone is 40. The summed E-state index contributed by atoms with van der Waals surface area (Å²) in [5.74, 6) is -5.78. The number of carbonyl (C=O) groups excluding carboxylic acids is 8. The lowest BCUT2D eigenvalue weighted by Gasteiger charge is -2.37. The second-order valence-corrected chi connectivity index (χ2v) is 36.2. The molecule has 8 atom stereocenters. The molecular formula is C110H137Cl2N3O18. The van der Waals surface area contributed by atoms with Gasteiger partial charge in [-0.05, 0) is 212 Å². The number of esters is 4. The highest BCUT2D eigenvalue weighted by Crippen LogP contribution is 2.45. The van der Waals surface area contributed by atoms with E-state index in [4.69, 9.17) is 51.2 Å². The Kier molecular flexibility index (Phi) is 47.0. The Morgan fingerprint density at radius 3 is 1.20 bits per heavy atom. The molecule has 0 saturated carbocycles. The minimum atomic E-state index is -1.75. The van der Waals surface area contributed by atoms with Gasteiger partial charge in [-0.3, -0.25) is 24.0 Å². The van der Waals surface area contributed by atoms with Gasteiger partial charge in [-0.1, -0.05) is 313 Å². The molecule has 23 heteroatoms. The maximum Gasteiger partial charge on any atom is 0.379 e. The Morgan fingerprint density at radius 2 is 0.820 bits per heavy atom. The van der Waals surface area contributed by atoms with Gasteiger partial charge in [-0.25, -0.2) is 21.0 Å². The summed E-state index contributed by atoms with van der Waals surface area (Å²) in [4.78, 5) is 107. The van der Waals surface area contributed by atoms with Gasteiger partial charge in [0.15, 0.2) is 35.3 Å². The first-order chi connectivity index (χ1) is 61.8. The molecule has 2 aromatic rings. The summed E-state index contributed by atoms with van der Waals surface area (Å²) in [7, 11) is 0. The first kappa shape index (κ1) is 114. The van der Waals surface area contributed by atoms with Gasteiger partial charge in [0.1, 0.15) is 37.1 Å². The molecule has 0 spiro atoms. The van der Waals surface area contributed by atoms with Crippen LogP contribution < -0.4 is 11.5 Å². The molecule has 2 aromatic carbocycles. The second-order valence-electron chi connectivity index (χ2n) is 36.2. The van der Waals surface area contributed by atoms with E-state index >= 15 is 0 Å². The van der Waals surface area contributed by atoms with E-state index in [0.29, 0.717) is 54.5 Å². The third-order valence-corrected chi connectivity index (χ3v) is 22.9. The number of unbranched alkanes of at least 4 members (excludes halogenated alkanes) is 1. The number of hydrogen-bond donors (Lipinski definition) is 5. The first-order valence-electron chi connectivity index (χ1n) is 44.4. The Morgan fingerprint density at radius 1 is 0.481 bits per heavy atom. The van der Waals surface area contributed by atoms with Crippen LogP contribution in [-0.2, 0) is 61.9 Å². The molecule has 1 aliphatic heterocycles. The molecule has 0 saturated heterocycles. The van der Waals surface area contributed by atoms with Gasteiger partial charge in [0.05, 0.1) is 17.7 Å². The van der Waals surface area contributed by atoms with Gasteiger partial charge in [0.25, 0.3) is 12.2 Å². The minimum Gasteiger partial charge on any atom is -0.453 e. The van der Waals surface area contributed by atoms with Crippen molar-refractivity contribution in [2.24, 2.45) is 33.1 Å². The lowest BCUT2D eigenvalue weighted by molar-refractivity contribution is -0.307. The molecular weight excluding hydrogens is 1720 g/mol.